The van der Waals surface area contributed by atoms with E-state index in [-0.39, 0.29) is 19.0 Å². The number of carboxylic acids is 1. The molecule has 0 bridgehead atoms. The Morgan fingerprint density at radius 1 is 1.29 bits per heavy atom. The van der Waals surface area contributed by atoms with E-state index in [1.807, 2.05) is 0 Å². The van der Waals surface area contributed by atoms with Gasteiger partial charge in [0.1, 0.15) is 11.8 Å². The van der Waals surface area contributed by atoms with Gasteiger partial charge in [0, 0.05) is 20.0 Å². The number of amides is 2. The number of carbonyl (C=O) groups is 3. The first kappa shape index (κ1) is 19.8. The van der Waals surface area contributed by atoms with Gasteiger partial charge < -0.3 is 20.1 Å². The Hall–Kier alpha value is -2.28. The summed E-state index contributed by atoms with van der Waals surface area (Å²) in [4.78, 5) is 35.9. The second-order valence-corrected chi connectivity index (χ2v) is 5.63. The second-order valence-electron chi connectivity index (χ2n) is 5.22. The van der Waals surface area contributed by atoms with E-state index in [4.69, 9.17) is 16.3 Å². The van der Waals surface area contributed by atoms with Gasteiger partial charge >= 0.3 is 5.97 Å². The second kappa shape index (κ2) is 9.12. The minimum Gasteiger partial charge on any atom is -0.480 e. The van der Waals surface area contributed by atoms with Crippen LogP contribution in [0.25, 0.3) is 0 Å². The standard InChI is InChI=1S/C16H21ClN2O5/c1-10(16(22)23)19(9-8-18-12(3)20)15(21)11(2)24-14-7-5-4-6-13(14)17/h4-7,10-11H,8-9H2,1-3H3,(H,18,20)(H,22,23). The van der Waals surface area contributed by atoms with Crippen LogP contribution in [0.3, 0.4) is 0 Å². The molecule has 2 atom stereocenters. The number of hydrogen-bond donors (Lipinski definition) is 2. The van der Waals surface area contributed by atoms with Gasteiger partial charge in [-0.1, -0.05) is 23.7 Å². The molecule has 0 heterocycles. The first-order valence-electron chi connectivity index (χ1n) is 7.43. The number of hydrogen-bond acceptors (Lipinski definition) is 4. The molecule has 0 spiro atoms. The van der Waals surface area contributed by atoms with Crippen LogP contribution in [-0.4, -0.2) is 53.0 Å². The van der Waals surface area contributed by atoms with E-state index < -0.39 is 24.0 Å². The normalized spacial score (nSPS) is 12.8. The fraction of sp³-hybridized carbons (Fsp3) is 0.438. The molecule has 0 saturated carbocycles. The molecular formula is C16H21ClN2O5. The maximum Gasteiger partial charge on any atom is 0.326 e. The van der Waals surface area contributed by atoms with Gasteiger partial charge in [0.15, 0.2) is 6.10 Å². The molecule has 24 heavy (non-hydrogen) atoms. The van der Waals surface area contributed by atoms with E-state index in [0.717, 1.165) is 4.90 Å². The highest BCUT2D eigenvalue weighted by atomic mass is 35.5. The van der Waals surface area contributed by atoms with Crippen LogP contribution in [0.15, 0.2) is 24.3 Å². The SMILES string of the molecule is CC(=O)NCCN(C(=O)C(C)Oc1ccccc1Cl)C(C)C(=O)O. The fourth-order valence-corrected chi connectivity index (χ4v) is 2.18. The molecule has 0 aliphatic rings. The lowest BCUT2D eigenvalue weighted by Gasteiger charge is -2.29. The van der Waals surface area contributed by atoms with Crippen molar-refractivity contribution < 1.29 is 24.2 Å². The van der Waals surface area contributed by atoms with Crippen LogP contribution >= 0.6 is 11.6 Å². The molecule has 1 aromatic rings. The lowest BCUT2D eigenvalue weighted by atomic mass is 10.2. The number of para-hydroxylation sites is 1. The first-order valence-corrected chi connectivity index (χ1v) is 7.80. The fourth-order valence-electron chi connectivity index (χ4n) is 2.00. The summed E-state index contributed by atoms with van der Waals surface area (Å²) < 4.78 is 5.54. The zero-order valence-electron chi connectivity index (χ0n) is 13.8. The van der Waals surface area contributed by atoms with E-state index >= 15 is 0 Å². The minimum absolute atomic E-state index is 0.0576. The summed E-state index contributed by atoms with van der Waals surface area (Å²) in [5.74, 6) is -1.57. The Morgan fingerprint density at radius 3 is 2.46 bits per heavy atom. The summed E-state index contributed by atoms with van der Waals surface area (Å²) in [7, 11) is 0. The summed E-state index contributed by atoms with van der Waals surface area (Å²) in [5, 5.41) is 12.1. The van der Waals surface area contributed by atoms with Crippen molar-refractivity contribution in [3.05, 3.63) is 29.3 Å². The number of nitrogens with zero attached hydrogens (tertiary/aromatic N) is 1. The van der Waals surface area contributed by atoms with Gasteiger partial charge in [0.25, 0.3) is 5.91 Å². The van der Waals surface area contributed by atoms with Crippen LogP contribution < -0.4 is 10.1 Å². The largest absolute Gasteiger partial charge is 0.480 e. The minimum atomic E-state index is -1.14. The zero-order chi connectivity index (χ0) is 18.3. The lowest BCUT2D eigenvalue weighted by molar-refractivity contribution is -0.152. The number of carboxylic acid groups (broad SMARTS) is 1. The predicted octanol–water partition coefficient (Wildman–Crippen LogP) is 1.55. The highest BCUT2D eigenvalue weighted by molar-refractivity contribution is 6.32. The van der Waals surface area contributed by atoms with Gasteiger partial charge in [0.05, 0.1) is 5.02 Å². The molecule has 0 aliphatic heterocycles. The molecule has 1 rings (SSSR count). The Bertz CT molecular complexity index is 608. The molecule has 2 amide bonds. The monoisotopic (exact) mass is 356 g/mol. The topological polar surface area (TPSA) is 95.9 Å². The van der Waals surface area contributed by atoms with Crippen molar-refractivity contribution in [2.24, 2.45) is 0 Å². The maximum atomic E-state index is 12.6. The Kier molecular flexibility index (Phi) is 7.51. The van der Waals surface area contributed by atoms with Crippen molar-refractivity contribution in [2.45, 2.75) is 32.9 Å². The van der Waals surface area contributed by atoms with E-state index in [1.54, 1.807) is 24.3 Å². The molecule has 2 unspecified atom stereocenters. The van der Waals surface area contributed by atoms with Crippen molar-refractivity contribution in [3.63, 3.8) is 0 Å². The summed E-state index contributed by atoms with van der Waals surface area (Å²) >= 11 is 5.99. The number of benzene rings is 1. The molecule has 0 fully saturated rings. The van der Waals surface area contributed by atoms with E-state index in [1.165, 1.54) is 20.8 Å². The van der Waals surface area contributed by atoms with Gasteiger partial charge in [-0.25, -0.2) is 4.79 Å². The Balaban J connectivity index is 2.83. The average Bonchev–Trinajstić information content (AvgIpc) is 2.52. The van der Waals surface area contributed by atoms with Crippen LogP contribution in [0.2, 0.25) is 5.02 Å². The van der Waals surface area contributed by atoms with Gasteiger partial charge in [-0.05, 0) is 26.0 Å². The van der Waals surface area contributed by atoms with E-state index in [2.05, 4.69) is 5.32 Å². The highest BCUT2D eigenvalue weighted by Crippen LogP contribution is 2.24. The lowest BCUT2D eigenvalue weighted by Crippen LogP contribution is -2.51. The number of halogens is 1. The number of carbonyl (C=O) groups excluding carboxylic acids is 2. The molecule has 0 saturated heterocycles. The zero-order valence-corrected chi connectivity index (χ0v) is 14.5. The average molecular weight is 357 g/mol. The third kappa shape index (κ3) is 5.73. The third-order valence-corrected chi connectivity index (χ3v) is 3.64. The number of aliphatic carboxylic acids is 1. The molecule has 7 nitrogen and oxygen atoms in total. The van der Waals surface area contributed by atoms with Crippen LogP contribution in [-0.2, 0) is 14.4 Å². The molecular weight excluding hydrogens is 336 g/mol. The summed E-state index contributed by atoms with van der Waals surface area (Å²) in [6, 6.07) is 5.64. The molecule has 2 N–H and O–H groups in total. The first-order chi connectivity index (χ1) is 11.2. The maximum absolute atomic E-state index is 12.6. The van der Waals surface area contributed by atoms with Crippen LogP contribution in [0, 0.1) is 0 Å². The van der Waals surface area contributed by atoms with Gasteiger partial charge in [-0.15, -0.1) is 0 Å². The molecule has 0 radical (unpaired) electrons. The van der Waals surface area contributed by atoms with Crippen molar-refractivity contribution in [3.8, 4) is 5.75 Å². The Morgan fingerprint density at radius 2 is 1.92 bits per heavy atom. The number of rotatable bonds is 8. The molecule has 8 heteroatoms. The smallest absolute Gasteiger partial charge is 0.326 e. The molecule has 0 aromatic heterocycles. The van der Waals surface area contributed by atoms with Crippen molar-refractivity contribution >= 4 is 29.4 Å². The summed E-state index contributed by atoms with van der Waals surface area (Å²) in [6.07, 6.45) is -0.927. The van der Waals surface area contributed by atoms with Crippen molar-refractivity contribution in [1.29, 1.82) is 0 Å². The van der Waals surface area contributed by atoms with Gasteiger partial charge in [-0.2, -0.15) is 0 Å². The van der Waals surface area contributed by atoms with Crippen LogP contribution in [0.4, 0.5) is 0 Å². The number of nitrogens with one attached hydrogen (secondary N) is 1. The van der Waals surface area contributed by atoms with Crippen LogP contribution in [0.5, 0.6) is 5.75 Å². The molecule has 0 aliphatic carbocycles. The van der Waals surface area contributed by atoms with Crippen LogP contribution in [0.1, 0.15) is 20.8 Å². The predicted molar refractivity (Wildman–Crippen MR) is 89.0 cm³/mol. The van der Waals surface area contributed by atoms with Gasteiger partial charge in [-0.3, -0.25) is 9.59 Å². The van der Waals surface area contributed by atoms with Crippen molar-refractivity contribution in [2.75, 3.05) is 13.1 Å². The summed E-state index contributed by atoms with van der Waals surface area (Å²) in [6.45, 7) is 4.47. The quantitative estimate of drug-likeness (QED) is 0.736. The molecule has 132 valence electrons. The highest BCUT2D eigenvalue weighted by Gasteiger charge is 2.30. The van der Waals surface area contributed by atoms with Gasteiger partial charge in [0.2, 0.25) is 5.91 Å². The van der Waals surface area contributed by atoms with Crippen molar-refractivity contribution in [1.82, 2.24) is 10.2 Å². The van der Waals surface area contributed by atoms with E-state index in [9.17, 15) is 19.5 Å². The van der Waals surface area contributed by atoms with E-state index in [0.29, 0.717) is 10.8 Å². The summed E-state index contributed by atoms with van der Waals surface area (Å²) in [5.41, 5.74) is 0. The number of ether oxygens (including phenoxy) is 1. The third-order valence-electron chi connectivity index (χ3n) is 3.32. The molecule has 1 aromatic carbocycles. The Labute approximate surface area is 145 Å².